The zero-order valence-corrected chi connectivity index (χ0v) is 41.7. The van der Waals surface area contributed by atoms with Crippen LogP contribution in [0.5, 0.6) is 34.5 Å². The minimum absolute atomic E-state index is 0.0197. The molecule has 0 aliphatic heterocycles. The number of ether oxygens (including phenoxy) is 7. The molecule has 0 N–H and O–H groups in total. The van der Waals surface area contributed by atoms with Crippen molar-refractivity contribution in [3.05, 3.63) is 109 Å². The van der Waals surface area contributed by atoms with Crippen LogP contribution < -0.4 is 28.4 Å². The third kappa shape index (κ3) is 14.6. The van der Waals surface area contributed by atoms with E-state index in [9.17, 15) is 14.4 Å². The maximum absolute atomic E-state index is 11.5. The Kier molecular flexibility index (Phi) is 18.2. The number of esters is 3. The molecule has 10 heteroatoms. The van der Waals surface area contributed by atoms with Gasteiger partial charge in [0.1, 0.15) is 45.7 Å². The summed E-state index contributed by atoms with van der Waals surface area (Å²) in [5.74, 6) is 6.00. The number of hydrogen-bond donors (Lipinski definition) is 0. The maximum atomic E-state index is 11.5. The summed E-state index contributed by atoms with van der Waals surface area (Å²) in [7, 11) is 0. The first-order chi connectivity index (χ1) is 32.5. The Morgan fingerprint density at radius 2 is 0.912 bits per heavy atom. The second-order valence-electron chi connectivity index (χ2n) is 20.7. The molecule has 0 unspecified atom stereocenters. The van der Waals surface area contributed by atoms with Crippen molar-refractivity contribution in [3.8, 4) is 34.5 Å². The monoisotopic (exact) mass is 933 g/mol. The zero-order valence-electron chi connectivity index (χ0n) is 41.7. The Balaban J connectivity index is 0.000000170. The van der Waals surface area contributed by atoms with Crippen molar-refractivity contribution in [1.29, 1.82) is 0 Å². The van der Waals surface area contributed by atoms with Gasteiger partial charge in [-0.3, -0.25) is 0 Å². The lowest BCUT2D eigenvalue weighted by Gasteiger charge is -2.56. The average Bonchev–Trinajstić information content (AvgIpc) is 3.80. The van der Waals surface area contributed by atoms with Gasteiger partial charge < -0.3 is 33.2 Å². The molecule has 68 heavy (non-hydrogen) atoms. The van der Waals surface area contributed by atoms with Gasteiger partial charge in [-0.05, 0) is 219 Å². The van der Waals surface area contributed by atoms with Crippen LogP contribution >= 0.6 is 0 Å². The number of hydrogen-bond acceptors (Lipinski definition) is 10. The summed E-state index contributed by atoms with van der Waals surface area (Å²) in [6.45, 7) is 23.3. The largest absolute Gasteiger partial charge is 0.487 e. The summed E-state index contributed by atoms with van der Waals surface area (Å²) in [5.41, 5.74) is 1.51. The van der Waals surface area contributed by atoms with Gasteiger partial charge in [-0.15, -0.1) is 0 Å². The topological polar surface area (TPSA) is 116 Å². The van der Waals surface area contributed by atoms with E-state index in [4.69, 9.17) is 33.2 Å². The minimum Gasteiger partial charge on any atom is -0.487 e. The molecular weight excluding hydrogens is 857 g/mol. The second-order valence-corrected chi connectivity index (χ2v) is 20.7. The highest BCUT2D eigenvalue weighted by Gasteiger charge is 2.51. The molecular formula is C58H76O10. The van der Waals surface area contributed by atoms with Gasteiger partial charge >= 0.3 is 17.9 Å². The van der Waals surface area contributed by atoms with Gasteiger partial charge in [-0.2, -0.15) is 0 Å². The van der Waals surface area contributed by atoms with Gasteiger partial charge in [0, 0.05) is 16.7 Å². The van der Waals surface area contributed by atoms with Crippen LogP contribution in [0.3, 0.4) is 0 Å². The van der Waals surface area contributed by atoms with Crippen molar-refractivity contribution in [2.45, 2.75) is 155 Å². The lowest BCUT2D eigenvalue weighted by atomic mass is 9.50. The molecule has 0 radical (unpaired) electrons. The van der Waals surface area contributed by atoms with Crippen LogP contribution in [0.1, 0.15) is 144 Å². The molecule has 6 aliphatic rings. The Bertz CT molecular complexity index is 2140. The molecule has 0 atom stereocenters. The Morgan fingerprint density at radius 3 is 1.29 bits per heavy atom. The van der Waals surface area contributed by atoms with Gasteiger partial charge in [0.05, 0.1) is 6.61 Å². The third-order valence-electron chi connectivity index (χ3n) is 14.6. The molecule has 3 aromatic rings. The quantitative estimate of drug-likeness (QED) is 0.0426. The maximum Gasteiger partial charge on any atom is 0.338 e. The molecule has 3 aromatic carbocycles. The average molecular weight is 933 g/mol. The van der Waals surface area contributed by atoms with Gasteiger partial charge in [-0.25, -0.2) is 14.4 Å². The predicted molar refractivity (Wildman–Crippen MR) is 266 cm³/mol. The highest BCUT2D eigenvalue weighted by Crippen LogP contribution is 2.60. The smallest absolute Gasteiger partial charge is 0.338 e. The van der Waals surface area contributed by atoms with Crippen LogP contribution in [0.15, 0.2) is 109 Å². The standard InChI is InChI=1S/C22H28O4.2C18H24O3/c1-15(2)21(23)26-20-5-3-19(4-6-20)25-14-24-13-22-10-16-7-17(11-22)9-18(8-16)12-22;1-13(2)17(19)20-15-7-9-16(10-8-15)21-18(14(3)4)11-5-6-12-18;1-4-18(12-6-5-7-13-18)21-16-10-8-15(9-11-16)20-17(19)14(2)3/h3-6,16-18H,1,7-14H2,2H3;7-10,14H,1,5-6,11-12H2,2-4H3;8-11H,2,4-7,12-13H2,1,3H3. The van der Waals surface area contributed by atoms with Crippen LogP contribution in [-0.2, 0) is 19.1 Å². The SMILES string of the molecule is C=C(C)C(=O)Oc1ccc(OC2(C(C)C)CCCC2)cc1.C=C(C)C(=O)Oc1ccc(OC2(CC)CCCCC2)cc1.C=C(C)C(=O)Oc1ccc(OCOCC23CC4CC(CC(C4)C2)C3)cc1. The van der Waals surface area contributed by atoms with Gasteiger partial charge in [-0.1, -0.05) is 46.9 Å². The number of carbonyl (C=O) groups excluding carboxylic acids is 3. The fourth-order valence-electron chi connectivity index (χ4n) is 11.2. The summed E-state index contributed by atoms with van der Waals surface area (Å²) in [4.78, 5) is 34.4. The normalized spacial score (nSPS) is 22.5. The van der Waals surface area contributed by atoms with Crippen LogP contribution in [0, 0.1) is 29.1 Å². The summed E-state index contributed by atoms with van der Waals surface area (Å²) >= 11 is 0. The molecule has 6 aliphatic carbocycles. The molecule has 368 valence electrons. The summed E-state index contributed by atoms with van der Waals surface area (Å²) in [5, 5.41) is 0. The van der Waals surface area contributed by atoms with E-state index in [1.807, 2.05) is 24.3 Å². The molecule has 6 fully saturated rings. The highest BCUT2D eigenvalue weighted by atomic mass is 16.7. The third-order valence-corrected chi connectivity index (χ3v) is 14.6. The fraction of sp³-hybridized carbons (Fsp3) is 0.534. The van der Waals surface area contributed by atoms with Crippen molar-refractivity contribution >= 4 is 17.9 Å². The predicted octanol–water partition coefficient (Wildman–Crippen LogP) is 13.9. The van der Waals surface area contributed by atoms with Crippen LogP contribution in [0.2, 0.25) is 0 Å². The molecule has 0 spiro atoms. The first kappa shape index (κ1) is 52.0. The van der Waals surface area contributed by atoms with E-state index < -0.39 is 17.9 Å². The minimum atomic E-state index is -0.419. The highest BCUT2D eigenvalue weighted by molar-refractivity contribution is 5.89. The van der Waals surface area contributed by atoms with E-state index in [2.05, 4.69) is 40.5 Å². The van der Waals surface area contributed by atoms with Crippen LogP contribution in [-0.4, -0.2) is 42.5 Å². The first-order valence-corrected chi connectivity index (χ1v) is 25.0. The van der Waals surface area contributed by atoms with Crippen molar-refractivity contribution < 1.29 is 47.5 Å². The fourth-order valence-corrected chi connectivity index (χ4v) is 11.2. The van der Waals surface area contributed by atoms with Crippen molar-refractivity contribution in [1.82, 2.24) is 0 Å². The molecule has 0 amide bonds. The number of carbonyl (C=O) groups is 3. The van der Waals surface area contributed by atoms with Crippen LogP contribution in [0.25, 0.3) is 0 Å². The lowest BCUT2D eigenvalue weighted by Crippen LogP contribution is -2.48. The lowest BCUT2D eigenvalue weighted by molar-refractivity contribution is -0.130. The second kappa shape index (κ2) is 23.8. The summed E-state index contributed by atoms with van der Waals surface area (Å²) < 4.78 is 39.7. The Morgan fingerprint density at radius 1 is 0.544 bits per heavy atom. The van der Waals surface area contributed by atoms with E-state index in [-0.39, 0.29) is 18.0 Å². The van der Waals surface area contributed by atoms with Crippen molar-refractivity contribution in [2.75, 3.05) is 13.4 Å². The Hall–Kier alpha value is -5.35. The van der Waals surface area contributed by atoms with E-state index in [1.165, 1.54) is 70.6 Å². The summed E-state index contributed by atoms with van der Waals surface area (Å²) in [6.07, 6.45) is 20.1. The van der Waals surface area contributed by atoms with Crippen molar-refractivity contribution in [2.24, 2.45) is 29.1 Å². The number of rotatable bonds is 17. The summed E-state index contributed by atoms with van der Waals surface area (Å²) in [6, 6.07) is 21.5. The van der Waals surface area contributed by atoms with Gasteiger partial charge in [0.2, 0.25) is 0 Å². The molecule has 4 bridgehead atoms. The van der Waals surface area contributed by atoms with Gasteiger partial charge in [0.25, 0.3) is 0 Å². The Labute approximate surface area is 405 Å². The molecule has 9 rings (SSSR count). The zero-order chi connectivity index (χ0) is 48.9. The van der Waals surface area contributed by atoms with Crippen molar-refractivity contribution in [3.63, 3.8) is 0 Å². The number of benzene rings is 3. The molecule has 0 aromatic heterocycles. The molecule has 0 heterocycles. The first-order valence-electron chi connectivity index (χ1n) is 25.0. The molecule has 6 saturated carbocycles. The van der Waals surface area contributed by atoms with Gasteiger partial charge in [0.15, 0.2) is 6.79 Å². The molecule has 10 nitrogen and oxygen atoms in total. The van der Waals surface area contributed by atoms with Crippen LogP contribution in [0.4, 0.5) is 0 Å². The molecule has 0 saturated heterocycles. The van der Waals surface area contributed by atoms with E-state index in [1.54, 1.807) is 69.3 Å². The van der Waals surface area contributed by atoms with E-state index >= 15 is 0 Å². The van der Waals surface area contributed by atoms with E-state index in [0.717, 1.165) is 68.0 Å². The van der Waals surface area contributed by atoms with E-state index in [0.29, 0.717) is 51.1 Å².